The van der Waals surface area contributed by atoms with E-state index in [1.54, 1.807) is 6.07 Å². The fourth-order valence-electron chi connectivity index (χ4n) is 2.98. The highest BCUT2D eigenvalue weighted by molar-refractivity contribution is 6.34. The van der Waals surface area contributed by atoms with Crippen LogP contribution in [-0.4, -0.2) is 43.4 Å². The Bertz CT molecular complexity index is 1040. The molecule has 2 N–H and O–H groups in total. The van der Waals surface area contributed by atoms with Gasteiger partial charge in [-0.15, -0.1) is 0 Å². The Balaban J connectivity index is 0.000000447. The van der Waals surface area contributed by atoms with Gasteiger partial charge >= 0.3 is 7.32 Å². The molecule has 0 aromatic heterocycles. The fraction of sp³-hybridized carbons (Fsp3) is 0.143. The molecule has 0 heterocycles. The SMILES string of the molecule is CN(C)C.OB(O)Oc1cccc2ccc3cc4ccccc4cc3c12. The molecule has 132 valence electrons. The third-order valence-electron chi connectivity index (χ3n) is 3.92. The van der Waals surface area contributed by atoms with E-state index < -0.39 is 7.32 Å². The van der Waals surface area contributed by atoms with Crippen molar-refractivity contribution in [2.24, 2.45) is 0 Å². The van der Waals surface area contributed by atoms with Gasteiger partial charge in [0, 0.05) is 5.39 Å². The Morgan fingerprint density at radius 3 is 1.96 bits per heavy atom. The van der Waals surface area contributed by atoms with Gasteiger partial charge in [-0.1, -0.05) is 48.5 Å². The Morgan fingerprint density at radius 1 is 0.731 bits per heavy atom. The molecule has 0 radical (unpaired) electrons. The zero-order chi connectivity index (χ0) is 18.7. The van der Waals surface area contributed by atoms with Crippen LogP contribution in [0.2, 0.25) is 0 Å². The van der Waals surface area contributed by atoms with Crippen molar-refractivity contribution in [3.8, 4) is 5.75 Å². The summed E-state index contributed by atoms with van der Waals surface area (Å²) in [5, 5.41) is 24.6. The van der Waals surface area contributed by atoms with Gasteiger partial charge in [-0.2, -0.15) is 0 Å². The van der Waals surface area contributed by atoms with Crippen molar-refractivity contribution in [2.45, 2.75) is 0 Å². The molecule has 0 aliphatic rings. The number of benzene rings is 4. The van der Waals surface area contributed by atoms with E-state index >= 15 is 0 Å². The van der Waals surface area contributed by atoms with Crippen LogP contribution in [0.25, 0.3) is 32.3 Å². The van der Waals surface area contributed by atoms with Crippen LogP contribution in [-0.2, 0) is 0 Å². The molecule has 4 nitrogen and oxygen atoms in total. The molecular weight excluding hydrogens is 325 g/mol. The van der Waals surface area contributed by atoms with E-state index in [1.807, 2.05) is 56.4 Å². The van der Waals surface area contributed by atoms with Gasteiger partial charge in [0.2, 0.25) is 0 Å². The van der Waals surface area contributed by atoms with Crippen LogP contribution in [0, 0.1) is 0 Å². The first-order valence-corrected chi connectivity index (χ1v) is 8.43. The van der Waals surface area contributed by atoms with E-state index in [9.17, 15) is 0 Å². The smallest absolute Gasteiger partial charge is 0.511 e. The summed E-state index contributed by atoms with van der Waals surface area (Å²) in [5.74, 6) is 0.466. The first kappa shape index (κ1) is 18.2. The number of rotatable bonds is 2. The molecule has 4 aromatic carbocycles. The van der Waals surface area contributed by atoms with E-state index in [-0.39, 0.29) is 0 Å². The molecule has 0 bridgehead atoms. The molecular formula is C21H22BNO3. The molecule has 26 heavy (non-hydrogen) atoms. The van der Waals surface area contributed by atoms with Gasteiger partial charge in [-0.3, -0.25) is 0 Å². The van der Waals surface area contributed by atoms with Gasteiger partial charge in [0.1, 0.15) is 5.75 Å². The molecule has 0 saturated heterocycles. The minimum absolute atomic E-state index is 0.466. The summed E-state index contributed by atoms with van der Waals surface area (Å²) in [7, 11) is 4.17. The average Bonchev–Trinajstić information content (AvgIpc) is 2.59. The second kappa shape index (κ2) is 7.75. The van der Waals surface area contributed by atoms with Crippen molar-refractivity contribution in [2.75, 3.05) is 21.1 Å². The predicted octanol–water partition coefficient (Wildman–Crippen LogP) is 3.67. The lowest BCUT2D eigenvalue weighted by Crippen LogP contribution is -2.20. The number of fused-ring (bicyclic) bond motifs is 4. The van der Waals surface area contributed by atoms with Gasteiger partial charge in [-0.25, -0.2) is 0 Å². The Morgan fingerprint density at radius 2 is 1.31 bits per heavy atom. The Labute approximate surface area is 153 Å². The molecule has 0 atom stereocenters. The second-order valence-electron chi connectivity index (χ2n) is 6.63. The second-order valence-corrected chi connectivity index (χ2v) is 6.63. The maximum absolute atomic E-state index is 9.14. The summed E-state index contributed by atoms with van der Waals surface area (Å²) in [6.07, 6.45) is 0. The van der Waals surface area contributed by atoms with Gasteiger partial charge in [0.25, 0.3) is 0 Å². The Hall–Kier alpha value is -2.60. The molecule has 5 heteroatoms. The summed E-state index contributed by atoms with van der Waals surface area (Å²) in [6, 6.07) is 22.1. The fourth-order valence-corrected chi connectivity index (χ4v) is 2.98. The van der Waals surface area contributed by atoms with E-state index in [4.69, 9.17) is 14.7 Å². The highest BCUT2D eigenvalue weighted by Crippen LogP contribution is 2.35. The molecule has 0 aliphatic heterocycles. The number of hydrogen-bond donors (Lipinski definition) is 2. The van der Waals surface area contributed by atoms with Crippen molar-refractivity contribution in [3.63, 3.8) is 0 Å². The Kier molecular flexibility index (Phi) is 5.42. The number of hydrogen-bond acceptors (Lipinski definition) is 4. The molecule has 0 aliphatic carbocycles. The maximum Gasteiger partial charge on any atom is 0.707 e. The van der Waals surface area contributed by atoms with Gasteiger partial charge in [0.05, 0.1) is 0 Å². The summed E-state index contributed by atoms with van der Waals surface area (Å²) in [5.41, 5.74) is 0. The van der Waals surface area contributed by atoms with Crippen LogP contribution in [0.15, 0.2) is 66.7 Å². The molecule has 0 amide bonds. The van der Waals surface area contributed by atoms with E-state index in [0.717, 1.165) is 26.9 Å². The maximum atomic E-state index is 9.14. The monoisotopic (exact) mass is 347 g/mol. The van der Waals surface area contributed by atoms with E-state index in [0.29, 0.717) is 5.75 Å². The highest BCUT2D eigenvalue weighted by atomic mass is 16.6. The van der Waals surface area contributed by atoms with Crippen molar-refractivity contribution >= 4 is 39.6 Å². The first-order chi connectivity index (χ1) is 12.5. The molecule has 0 fully saturated rings. The first-order valence-electron chi connectivity index (χ1n) is 8.43. The van der Waals surface area contributed by atoms with Gasteiger partial charge in [0.15, 0.2) is 0 Å². The van der Waals surface area contributed by atoms with Gasteiger partial charge in [-0.05, 0) is 66.3 Å². The predicted molar refractivity (Wildman–Crippen MR) is 109 cm³/mol. The van der Waals surface area contributed by atoms with Crippen LogP contribution in [0.4, 0.5) is 0 Å². The number of nitrogens with zero attached hydrogens (tertiary/aromatic N) is 1. The van der Waals surface area contributed by atoms with Crippen molar-refractivity contribution in [1.82, 2.24) is 4.90 Å². The van der Waals surface area contributed by atoms with E-state index in [2.05, 4.69) is 30.3 Å². The zero-order valence-corrected chi connectivity index (χ0v) is 15.2. The molecule has 0 saturated carbocycles. The molecule has 4 rings (SSSR count). The standard InChI is InChI=1S/C18H13BO3.C3H9N/c20-19(21)22-17-7-3-6-12-8-9-15-10-13-4-1-2-5-14(13)11-16(15)18(12)17;1-4(2)3/h1-11,20-21H;1-3H3. The van der Waals surface area contributed by atoms with Crippen LogP contribution in [0.1, 0.15) is 0 Å². The molecule has 0 unspecified atom stereocenters. The lowest BCUT2D eigenvalue weighted by molar-refractivity contribution is 0.289. The molecule has 4 aromatic rings. The largest absolute Gasteiger partial charge is 0.707 e. The third kappa shape index (κ3) is 3.97. The summed E-state index contributed by atoms with van der Waals surface area (Å²) < 4.78 is 5.16. The lowest BCUT2D eigenvalue weighted by atomic mass is 9.97. The van der Waals surface area contributed by atoms with Crippen LogP contribution >= 0.6 is 0 Å². The third-order valence-corrected chi connectivity index (χ3v) is 3.92. The van der Waals surface area contributed by atoms with Crippen molar-refractivity contribution < 1.29 is 14.7 Å². The van der Waals surface area contributed by atoms with Gasteiger partial charge < -0.3 is 19.6 Å². The zero-order valence-electron chi connectivity index (χ0n) is 15.2. The van der Waals surface area contributed by atoms with Crippen LogP contribution in [0.3, 0.4) is 0 Å². The van der Waals surface area contributed by atoms with Crippen molar-refractivity contribution in [1.29, 1.82) is 0 Å². The lowest BCUT2D eigenvalue weighted by Gasteiger charge is -2.12. The normalized spacial score (nSPS) is 10.8. The quantitative estimate of drug-likeness (QED) is 0.330. The minimum atomic E-state index is -1.83. The average molecular weight is 347 g/mol. The summed E-state index contributed by atoms with van der Waals surface area (Å²) in [6.45, 7) is 0. The van der Waals surface area contributed by atoms with E-state index in [1.165, 1.54) is 5.39 Å². The minimum Gasteiger partial charge on any atom is -0.511 e. The summed E-state index contributed by atoms with van der Waals surface area (Å²) in [4.78, 5) is 2.00. The van der Waals surface area contributed by atoms with Crippen LogP contribution in [0.5, 0.6) is 5.75 Å². The van der Waals surface area contributed by atoms with Crippen molar-refractivity contribution in [3.05, 3.63) is 66.7 Å². The highest BCUT2D eigenvalue weighted by Gasteiger charge is 2.15. The summed E-state index contributed by atoms with van der Waals surface area (Å²) >= 11 is 0. The molecule has 0 spiro atoms. The van der Waals surface area contributed by atoms with Crippen LogP contribution < -0.4 is 4.65 Å². The topological polar surface area (TPSA) is 52.9 Å².